The third-order valence-electron chi connectivity index (χ3n) is 5.72. The number of nitrogens with zero attached hydrogens (tertiary/aromatic N) is 4. The van der Waals surface area contributed by atoms with E-state index < -0.39 is 5.60 Å². The standard InChI is InChI=1S/C25H36N6O5/c1-25(2,3)36-24(32)27-9-5-7-11-33-13-10-26-20-14-18(19-16-28-35-17-19)15-21-23(20)29-30-31(21)22-8-4-6-12-34-22/h14-17,22,26H,4-13H2,1-3H3,(H,27,32). The van der Waals surface area contributed by atoms with E-state index in [0.29, 0.717) is 26.3 Å². The van der Waals surface area contributed by atoms with Gasteiger partial charge in [0.25, 0.3) is 0 Å². The maximum Gasteiger partial charge on any atom is 0.407 e. The van der Waals surface area contributed by atoms with Crippen LogP contribution >= 0.6 is 0 Å². The largest absolute Gasteiger partial charge is 0.444 e. The van der Waals surface area contributed by atoms with Gasteiger partial charge in [-0.3, -0.25) is 0 Å². The molecule has 0 bridgehead atoms. The van der Waals surface area contributed by atoms with Crippen LogP contribution in [0.1, 0.15) is 59.1 Å². The molecule has 1 aromatic carbocycles. The van der Waals surface area contributed by atoms with Crippen molar-refractivity contribution in [2.75, 3.05) is 38.2 Å². The molecule has 1 fully saturated rings. The number of nitrogens with one attached hydrogen (secondary N) is 2. The van der Waals surface area contributed by atoms with E-state index in [9.17, 15) is 4.79 Å². The van der Waals surface area contributed by atoms with E-state index >= 15 is 0 Å². The molecular weight excluding hydrogens is 464 g/mol. The van der Waals surface area contributed by atoms with E-state index in [0.717, 1.165) is 66.6 Å². The zero-order valence-corrected chi connectivity index (χ0v) is 21.3. The Bertz CT molecular complexity index is 1100. The van der Waals surface area contributed by atoms with Crippen LogP contribution < -0.4 is 10.6 Å². The Morgan fingerprint density at radius 2 is 2.06 bits per heavy atom. The van der Waals surface area contributed by atoms with Crippen LogP contribution in [0.4, 0.5) is 10.5 Å². The minimum Gasteiger partial charge on any atom is -0.444 e. The molecule has 0 spiro atoms. The fourth-order valence-electron chi connectivity index (χ4n) is 4.01. The van der Waals surface area contributed by atoms with Gasteiger partial charge in [-0.1, -0.05) is 10.4 Å². The van der Waals surface area contributed by atoms with Crippen molar-refractivity contribution >= 4 is 22.8 Å². The summed E-state index contributed by atoms with van der Waals surface area (Å²) in [6.07, 6.45) is 7.58. The number of alkyl carbamates (subject to hydrolysis) is 1. The number of anilines is 1. The van der Waals surface area contributed by atoms with Crippen LogP contribution in [0.5, 0.6) is 0 Å². The molecule has 36 heavy (non-hydrogen) atoms. The Labute approximate surface area is 210 Å². The lowest BCUT2D eigenvalue weighted by Crippen LogP contribution is -2.33. The summed E-state index contributed by atoms with van der Waals surface area (Å²) in [6.45, 7) is 8.60. The third-order valence-corrected chi connectivity index (χ3v) is 5.72. The number of rotatable bonds is 11. The Morgan fingerprint density at radius 3 is 2.81 bits per heavy atom. The first-order chi connectivity index (χ1) is 17.4. The Kier molecular flexibility index (Phi) is 8.76. The van der Waals surface area contributed by atoms with Crippen molar-refractivity contribution in [3.8, 4) is 11.1 Å². The molecule has 196 valence electrons. The topological polar surface area (TPSA) is 126 Å². The highest BCUT2D eigenvalue weighted by atomic mass is 16.6. The molecule has 2 N–H and O–H groups in total. The van der Waals surface area contributed by atoms with Crippen LogP contribution in [0, 0.1) is 0 Å². The SMILES string of the molecule is CC(C)(C)OC(=O)NCCCCOCCNc1cc(-c2cnoc2)cc2c1nnn2C1CCCCO1. The summed E-state index contributed by atoms with van der Waals surface area (Å²) in [5, 5.41) is 18.9. The Balaban J connectivity index is 1.28. The van der Waals surface area contributed by atoms with Crippen molar-refractivity contribution in [1.82, 2.24) is 25.5 Å². The van der Waals surface area contributed by atoms with Gasteiger partial charge in [0.05, 0.1) is 24.0 Å². The molecule has 1 unspecified atom stereocenters. The molecule has 3 aromatic rings. The number of amides is 1. The molecule has 1 atom stereocenters. The van der Waals surface area contributed by atoms with E-state index in [2.05, 4.69) is 26.1 Å². The van der Waals surface area contributed by atoms with Crippen molar-refractivity contribution in [2.45, 2.75) is 64.7 Å². The second kappa shape index (κ2) is 12.2. The molecule has 3 heterocycles. The summed E-state index contributed by atoms with van der Waals surface area (Å²) in [5.41, 5.74) is 3.92. The number of unbranched alkanes of at least 4 members (excludes halogenated alkanes) is 1. The van der Waals surface area contributed by atoms with Gasteiger partial charge in [-0.15, -0.1) is 5.10 Å². The van der Waals surface area contributed by atoms with E-state index in [1.807, 2.05) is 37.6 Å². The van der Waals surface area contributed by atoms with Crippen LogP contribution in [0.15, 0.2) is 29.1 Å². The number of ether oxygens (including phenoxy) is 3. The first kappa shape index (κ1) is 25.9. The van der Waals surface area contributed by atoms with Crippen molar-refractivity contribution < 1.29 is 23.5 Å². The number of carbonyl (C=O) groups excluding carboxylic acids is 1. The average Bonchev–Trinajstić information content (AvgIpc) is 3.53. The van der Waals surface area contributed by atoms with Gasteiger partial charge in [0.15, 0.2) is 6.23 Å². The van der Waals surface area contributed by atoms with Crippen molar-refractivity contribution in [3.05, 3.63) is 24.6 Å². The Morgan fingerprint density at radius 1 is 1.17 bits per heavy atom. The van der Waals surface area contributed by atoms with Crippen molar-refractivity contribution in [2.24, 2.45) is 0 Å². The lowest BCUT2D eigenvalue weighted by molar-refractivity contribution is -0.0377. The van der Waals surface area contributed by atoms with Gasteiger partial charge >= 0.3 is 6.09 Å². The van der Waals surface area contributed by atoms with E-state index in [1.54, 1.807) is 12.5 Å². The predicted octanol–water partition coefficient (Wildman–Crippen LogP) is 4.52. The van der Waals surface area contributed by atoms with Gasteiger partial charge in [-0.25, -0.2) is 9.48 Å². The summed E-state index contributed by atoms with van der Waals surface area (Å²) < 4.78 is 23.9. The molecule has 11 nitrogen and oxygen atoms in total. The van der Waals surface area contributed by atoms with Crippen LogP contribution in [0.3, 0.4) is 0 Å². The first-order valence-corrected chi connectivity index (χ1v) is 12.6. The molecule has 1 aliphatic heterocycles. The highest BCUT2D eigenvalue weighted by molar-refractivity contribution is 5.92. The lowest BCUT2D eigenvalue weighted by Gasteiger charge is -2.23. The van der Waals surface area contributed by atoms with E-state index in [1.165, 1.54) is 0 Å². The second-order valence-electron chi connectivity index (χ2n) is 9.83. The second-order valence-corrected chi connectivity index (χ2v) is 9.83. The minimum absolute atomic E-state index is 0.109. The molecule has 1 amide bonds. The first-order valence-electron chi connectivity index (χ1n) is 12.6. The summed E-state index contributed by atoms with van der Waals surface area (Å²) in [6, 6.07) is 4.07. The van der Waals surface area contributed by atoms with Gasteiger partial charge in [0.2, 0.25) is 0 Å². The van der Waals surface area contributed by atoms with Gasteiger partial charge < -0.3 is 29.4 Å². The summed E-state index contributed by atoms with van der Waals surface area (Å²) in [5.74, 6) is 0. The van der Waals surface area contributed by atoms with E-state index in [-0.39, 0.29) is 12.3 Å². The number of hydrogen-bond donors (Lipinski definition) is 2. The number of carbonyl (C=O) groups is 1. The Hall–Kier alpha value is -3.18. The maximum absolute atomic E-state index is 11.7. The van der Waals surface area contributed by atoms with Crippen molar-refractivity contribution in [3.63, 3.8) is 0 Å². The molecule has 2 aromatic heterocycles. The molecule has 1 saturated heterocycles. The smallest absolute Gasteiger partial charge is 0.407 e. The minimum atomic E-state index is -0.488. The highest BCUT2D eigenvalue weighted by Crippen LogP contribution is 2.32. The molecular formula is C25H36N6O5. The van der Waals surface area contributed by atoms with Gasteiger partial charge in [0, 0.05) is 31.9 Å². The van der Waals surface area contributed by atoms with Crippen LogP contribution in [0.2, 0.25) is 0 Å². The molecule has 0 aliphatic carbocycles. The molecule has 11 heteroatoms. The molecule has 0 radical (unpaired) electrons. The summed E-state index contributed by atoms with van der Waals surface area (Å²) in [4.78, 5) is 11.7. The quantitative estimate of drug-likeness (QED) is 0.365. The third kappa shape index (κ3) is 7.17. The summed E-state index contributed by atoms with van der Waals surface area (Å²) >= 11 is 0. The zero-order chi connectivity index (χ0) is 25.4. The normalized spacial score (nSPS) is 16.2. The maximum atomic E-state index is 11.7. The molecule has 0 saturated carbocycles. The fraction of sp³-hybridized carbons (Fsp3) is 0.600. The number of aromatic nitrogens is 4. The number of fused-ring (bicyclic) bond motifs is 1. The average molecular weight is 501 g/mol. The van der Waals surface area contributed by atoms with E-state index in [4.69, 9.17) is 18.7 Å². The van der Waals surface area contributed by atoms with Gasteiger partial charge in [-0.05, 0) is 70.6 Å². The van der Waals surface area contributed by atoms with Gasteiger partial charge in [-0.2, -0.15) is 0 Å². The molecule has 4 rings (SSSR count). The number of hydrogen-bond acceptors (Lipinski definition) is 9. The van der Waals surface area contributed by atoms with Crippen LogP contribution in [-0.4, -0.2) is 64.8 Å². The summed E-state index contributed by atoms with van der Waals surface area (Å²) in [7, 11) is 0. The monoisotopic (exact) mass is 500 g/mol. The van der Waals surface area contributed by atoms with Crippen molar-refractivity contribution in [1.29, 1.82) is 0 Å². The van der Waals surface area contributed by atoms with Gasteiger partial charge in [0.1, 0.15) is 17.4 Å². The van der Waals surface area contributed by atoms with Crippen LogP contribution in [0.25, 0.3) is 22.2 Å². The lowest BCUT2D eigenvalue weighted by atomic mass is 10.1. The fourth-order valence-corrected chi connectivity index (χ4v) is 4.01. The number of benzene rings is 1. The zero-order valence-electron chi connectivity index (χ0n) is 21.3. The highest BCUT2D eigenvalue weighted by Gasteiger charge is 2.21. The predicted molar refractivity (Wildman–Crippen MR) is 135 cm³/mol. The van der Waals surface area contributed by atoms with Crippen LogP contribution in [-0.2, 0) is 14.2 Å². The molecule has 1 aliphatic rings.